The Labute approximate surface area is 90.4 Å². The van der Waals surface area contributed by atoms with Crippen LogP contribution in [0.2, 0.25) is 0 Å². The van der Waals surface area contributed by atoms with Crippen molar-refractivity contribution in [3.05, 3.63) is 48.0 Å². The molecule has 0 aliphatic heterocycles. The summed E-state index contributed by atoms with van der Waals surface area (Å²) in [5, 5.41) is 18.5. The van der Waals surface area contributed by atoms with E-state index in [-0.39, 0.29) is 5.56 Å². The van der Waals surface area contributed by atoms with Gasteiger partial charge in [-0.1, -0.05) is 12.1 Å². The molecule has 0 spiro atoms. The van der Waals surface area contributed by atoms with E-state index in [1.54, 1.807) is 0 Å². The van der Waals surface area contributed by atoms with Crippen LogP contribution in [0.25, 0.3) is 11.1 Å². The number of halogens is 2. The second-order valence-corrected chi connectivity index (χ2v) is 3.31. The van der Waals surface area contributed by atoms with E-state index in [2.05, 4.69) is 0 Å². The fraction of sp³-hybridized carbons (Fsp3) is 0. The summed E-state index contributed by atoms with van der Waals surface area (Å²) in [7, 11) is 0. The minimum atomic E-state index is -1.11. The maximum absolute atomic E-state index is 13.2. The van der Waals surface area contributed by atoms with Gasteiger partial charge in [0.2, 0.25) is 5.82 Å². The number of hydrogen-bond donors (Lipinski definition) is 2. The van der Waals surface area contributed by atoms with Gasteiger partial charge < -0.3 is 10.2 Å². The largest absolute Gasteiger partial charge is 0.505 e. The van der Waals surface area contributed by atoms with E-state index < -0.39 is 23.1 Å². The Morgan fingerprint density at radius 2 is 1.69 bits per heavy atom. The first-order valence-electron chi connectivity index (χ1n) is 4.56. The summed E-state index contributed by atoms with van der Waals surface area (Å²) < 4.78 is 26.1. The van der Waals surface area contributed by atoms with E-state index in [1.165, 1.54) is 30.3 Å². The zero-order valence-electron chi connectivity index (χ0n) is 8.11. The second-order valence-electron chi connectivity index (χ2n) is 3.31. The van der Waals surface area contributed by atoms with Crippen LogP contribution < -0.4 is 0 Å². The Kier molecular flexibility index (Phi) is 2.48. The average Bonchev–Trinajstić information content (AvgIpc) is 2.26. The van der Waals surface area contributed by atoms with Gasteiger partial charge in [-0.05, 0) is 29.8 Å². The molecular weight excluding hydrogens is 214 g/mol. The van der Waals surface area contributed by atoms with Crippen LogP contribution >= 0.6 is 0 Å². The summed E-state index contributed by atoms with van der Waals surface area (Å²) in [6.45, 7) is 0. The number of benzene rings is 2. The molecule has 0 amide bonds. The highest BCUT2D eigenvalue weighted by Gasteiger charge is 2.13. The predicted molar refractivity (Wildman–Crippen MR) is 55.1 cm³/mol. The molecule has 2 aromatic rings. The first kappa shape index (κ1) is 10.4. The van der Waals surface area contributed by atoms with Gasteiger partial charge in [-0.2, -0.15) is 4.39 Å². The number of phenols is 2. The maximum atomic E-state index is 13.2. The Morgan fingerprint density at radius 1 is 0.938 bits per heavy atom. The zero-order valence-corrected chi connectivity index (χ0v) is 8.11. The van der Waals surface area contributed by atoms with E-state index in [0.717, 1.165) is 6.07 Å². The SMILES string of the molecule is Oc1ccc(-c2cccc(F)c2)c(O)c1F. The fourth-order valence-corrected chi connectivity index (χ4v) is 1.44. The molecule has 0 atom stereocenters. The lowest BCUT2D eigenvalue weighted by atomic mass is 10.0. The molecule has 0 aromatic heterocycles. The topological polar surface area (TPSA) is 40.5 Å². The first-order valence-corrected chi connectivity index (χ1v) is 4.56. The van der Waals surface area contributed by atoms with Gasteiger partial charge in [0.25, 0.3) is 0 Å². The van der Waals surface area contributed by atoms with E-state index in [9.17, 15) is 13.9 Å². The second kappa shape index (κ2) is 3.81. The van der Waals surface area contributed by atoms with E-state index in [4.69, 9.17) is 5.11 Å². The number of rotatable bonds is 1. The van der Waals surface area contributed by atoms with E-state index in [1.807, 2.05) is 0 Å². The van der Waals surface area contributed by atoms with Crippen LogP contribution in [0.1, 0.15) is 0 Å². The Morgan fingerprint density at radius 3 is 2.38 bits per heavy atom. The molecule has 16 heavy (non-hydrogen) atoms. The van der Waals surface area contributed by atoms with Gasteiger partial charge in [0.05, 0.1) is 0 Å². The molecule has 0 saturated heterocycles. The molecule has 82 valence electrons. The molecule has 2 rings (SSSR count). The van der Waals surface area contributed by atoms with Crippen molar-refractivity contribution in [2.24, 2.45) is 0 Å². The van der Waals surface area contributed by atoms with Crippen molar-refractivity contribution in [3.63, 3.8) is 0 Å². The maximum Gasteiger partial charge on any atom is 0.206 e. The van der Waals surface area contributed by atoms with Gasteiger partial charge in [0, 0.05) is 5.56 Å². The lowest BCUT2D eigenvalue weighted by Crippen LogP contribution is -1.85. The third kappa shape index (κ3) is 1.69. The normalized spacial score (nSPS) is 10.4. The van der Waals surface area contributed by atoms with Crippen LogP contribution in [0.5, 0.6) is 11.5 Å². The van der Waals surface area contributed by atoms with Gasteiger partial charge in [0.15, 0.2) is 11.5 Å². The van der Waals surface area contributed by atoms with Crippen molar-refractivity contribution in [3.8, 4) is 22.6 Å². The molecular formula is C12H8F2O2. The molecule has 0 aliphatic rings. The third-order valence-corrected chi connectivity index (χ3v) is 2.23. The van der Waals surface area contributed by atoms with Gasteiger partial charge in [-0.15, -0.1) is 0 Å². The summed E-state index contributed by atoms with van der Waals surface area (Å²) in [5.41, 5.74) is 0.478. The van der Waals surface area contributed by atoms with E-state index in [0.29, 0.717) is 5.56 Å². The van der Waals surface area contributed by atoms with Crippen molar-refractivity contribution in [1.82, 2.24) is 0 Å². The predicted octanol–water partition coefficient (Wildman–Crippen LogP) is 3.04. The number of hydrogen-bond acceptors (Lipinski definition) is 2. The highest BCUT2D eigenvalue weighted by Crippen LogP contribution is 2.35. The van der Waals surface area contributed by atoms with Gasteiger partial charge in [-0.3, -0.25) is 0 Å². The van der Waals surface area contributed by atoms with Crippen molar-refractivity contribution in [1.29, 1.82) is 0 Å². The monoisotopic (exact) mass is 222 g/mol. The quantitative estimate of drug-likeness (QED) is 0.778. The molecule has 2 nitrogen and oxygen atoms in total. The van der Waals surface area contributed by atoms with Crippen molar-refractivity contribution < 1.29 is 19.0 Å². The standard InChI is InChI=1S/C12H8F2O2/c13-8-3-1-2-7(6-8)9-4-5-10(15)11(14)12(9)16/h1-6,15-16H. The van der Waals surface area contributed by atoms with E-state index >= 15 is 0 Å². The zero-order chi connectivity index (χ0) is 11.7. The van der Waals surface area contributed by atoms with Crippen LogP contribution in [0.15, 0.2) is 36.4 Å². The average molecular weight is 222 g/mol. The van der Waals surface area contributed by atoms with Gasteiger partial charge >= 0.3 is 0 Å². The van der Waals surface area contributed by atoms with Crippen LogP contribution in [-0.4, -0.2) is 10.2 Å². The molecule has 0 heterocycles. The van der Waals surface area contributed by atoms with Crippen LogP contribution in [0, 0.1) is 11.6 Å². The molecule has 2 aromatic carbocycles. The highest BCUT2D eigenvalue weighted by molar-refractivity contribution is 5.71. The molecule has 4 heteroatoms. The minimum Gasteiger partial charge on any atom is -0.505 e. The molecule has 0 saturated carbocycles. The van der Waals surface area contributed by atoms with Crippen molar-refractivity contribution in [2.75, 3.05) is 0 Å². The minimum absolute atomic E-state index is 0.134. The molecule has 0 fully saturated rings. The smallest absolute Gasteiger partial charge is 0.206 e. The first-order chi connectivity index (χ1) is 7.59. The third-order valence-electron chi connectivity index (χ3n) is 2.23. The number of phenolic OH excluding ortho intramolecular Hbond substituents is 2. The molecule has 2 N–H and O–H groups in total. The fourth-order valence-electron chi connectivity index (χ4n) is 1.44. The summed E-state index contributed by atoms with van der Waals surface area (Å²) in [6.07, 6.45) is 0. The number of aromatic hydroxyl groups is 2. The van der Waals surface area contributed by atoms with Gasteiger partial charge in [-0.25, -0.2) is 4.39 Å². The summed E-state index contributed by atoms with van der Waals surface area (Å²) in [6, 6.07) is 7.84. The summed E-state index contributed by atoms with van der Waals surface area (Å²) in [4.78, 5) is 0. The van der Waals surface area contributed by atoms with Crippen LogP contribution in [0.4, 0.5) is 8.78 Å². The highest BCUT2D eigenvalue weighted by atomic mass is 19.1. The molecule has 0 radical (unpaired) electrons. The molecule has 0 bridgehead atoms. The van der Waals surface area contributed by atoms with Crippen LogP contribution in [0.3, 0.4) is 0 Å². The van der Waals surface area contributed by atoms with Crippen LogP contribution in [-0.2, 0) is 0 Å². The lowest BCUT2D eigenvalue weighted by molar-refractivity contribution is 0.390. The van der Waals surface area contributed by atoms with Crippen molar-refractivity contribution >= 4 is 0 Å². The molecule has 0 unspecified atom stereocenters. The summed E-state index contributed by atoms with van der Waals surface area (Å²) in [5.74, 6) is -2.92. The molecule has 0 aliphatic carbocycles. The lowest BCUT2D eigenvalue weighted by Gasteiger charge is -2.06. The Hall–Kier alpha value is -2.10. The van der Waals surface area contributed by atoms with Gasteiger partial charge in [0.1, 0.15) is 5.82 Å². The Balaban J connectivity index is 2.61. The Bertz CT molecular complexity index is 539. The summed E-state index contributed by atoms with van der Waals surface area (Å²) >= 11 is 0. The van der Waals surface area contributed by atoms with Crippen molar-refractivity contribution in [2.45, 2.75) is 0 Å².